The molecule has 0 spiro atoms. The Kier molecular flexibility index (Phi) is 5.44. The fourth-order valence-electron chi connectivity index (χ4n) is 3.06. The van der Waals surface area contributed by atoms with Crippen molar-refractivity contribution in [2.45, 2.75) is 30.8 Å². The predicted octanol–water partition coefficient (Wildman–Crippen LogP) is 4.78. The van der Waals surface area contributed by atoms with E-state index < -0.39 is 9.84 Å². The number of anilines is 2. The molecule has 154 valence electrons. The highest BCUT2D eigenvalue weighted by atomic mass is 35.5. The third kappa shape index (κ3) is 4.15. The number of fused-ring (bicyclic) bond motifs is 1. The van der Waals surface area contributed by atoms with E-state index in [1.165, 1.54) is 0 Å². The largest absolute Gasteiger partial charge is 0.338 e. The molecule has 0 saturated heterocycles. The number of hydrogen-bond acceptors (Lipinski definition) is 6. The van der Waals surface area contributed by atoms with Gasteiger partial charge in [0.1, 0.15) is 0 Å². The fraction of sp³-hybridized carbons (Fsp3) is 0.190. The van der Waals surface area contributed by atoms with Crippen molar-refractivity contribution in [2.75, 3.05) is 5.32 Å². The van der Waals surface area contributed by atoms with Crippen LogP contribution in [0.1, 0.15) is 25.5 Å². The summed E-state index contributed by atoms with van der Waals surface area (Å²) in [7, 11) is -3.78. The summed E-state index contributed by atoms with van der Waals surface area (Å²) < 4.78 is 28.0. The van der Waals surface area contributed by atoms with Crippen LogP contribution in [0.3, 0.4) is 0 Å². The molecule has 4 aromatic rings. The average molecular weight is 442 g/mol. The van der Waals surface area contributed by atoms with Crippen LogP contribution in [-0.2, 0) is 15.6 Å². The van der Waals surface area contributed by atoms with Crippen molar-refractivity contribution in [3.63, 3.8) is 0 Å². The van der Waals surface area contributed by atoms with E-state index >= 15 is 0 Å². The molecule has 30 heavy (non-hydrogen) atoms. The minimum absolute atomic E-state index is 0.0496. The van der Waals surface area contributed by atoms with E-state index in [0.29, 0.717) is 33.3 Å². The highest BCUT2D eigenvalue weighted by Crippen LogP contribution is 2.27. The van der Waals surface area contributed by atoms with Crippen molar-refractivity contribution in [1.29, 1.82) is 0 Å². The number of sulfone groups is 1. The zero-order valence-corrected chi connectivity index (χ0v) is 18.0. The molecule has 0 unspecified atom stereocenters. The molecule has 2 aromatic heterocycles. The van der Waals surface area contributed by atoms with Gasteiger partial charge in [0, 0.05) is 16.8 Å². The first-order valence-corrected chi connectivity index (χ1v) is 11.4. The van der Waals surface area contributed by atoms with Gasteiger partial charge < -0.3 is 9.88 Å². The molecule has 0 atom stereocenters. The third-order valence-electron chi connectivity index (χ3n) is 4.52. The Morgan fingerprint density at radius 3 is 2.53 bits per heavy atom. The van der Waals surface area contributed by atoms with Crippen molar-refractivity contribution in [3.05, 3.63) is 71.5 Å². The van der Waals surface area contributed by atoms with Crippen LogP contribution in [0, 0.1) is 0 Å². The number of rotatable bonds is 6. The molecule has 0 aliphatic rings. The van der Waals surface area contributed by atoms with Crippen molar-refractivity contribution in [2.24, 2.45) is 0 Å². The Labute approximate surface area is 179 Å². The summed E-state index contributed by atoms with van der Waals surface area (Å²) in [6.45, 7) is 3.96. The maximum Gasteiger partial charge on any atom is 0.251 e. The van der Waals surface area contributed by atoms with Crippen molar-refractivity contribution < 1.29 is 8.42 Å². The van der Waals surface area contributed by atoms with Gasteiger partial charge in [-0.15, -0.1) is 0 Å². The van der Waals surface area contributed by atoms with E-state index in [2.05, 4.69) is 20.3 Å². The van der Waals surface area contributed by atoms with Crippen molar-refractivity contribution in [1.82, 2.24) is 19.5 Å². The highest BCUT2D eigenvalue weighted by Gasteiger charge is 2.24. The molecule has 0 amide bonds. The number of aromatic nitrogens is 4. The van der Waals surface area contributed by atoms with Crippen LogP contribution in [0.4, 0.5) is 11.5 Å². The lowest BCUT2D eigenvalue weighted by Crippen LogP contribution is -2.12. The fourth-order valence-corrected chi connectivity index (χ4v) is 4.47. The van der Waals surface area contributed by atoms with E-state index in [1.807, 2.05) is 30.5 Å². The first kappa shape index (κ1) is 20.3. The van der Waals surface area contributed by atoms with Gasteiger partial charge >= 0.3 is 0 Å². The van der Waals surface area contributed by atoms with E-state index in [1.54, 1.807) is 48.8 Å². The van der Waals surface area contributed by atoms with Crippen molar-refractivity contribution in [3.8, 4) is 0 Å². The SMILES string of the molecule is CC(C)n1cnc2c(Nc3cccc(Cl)c3)nc(S(=O)(=O)Cc3ccccc3)nc21. The van der Waals surface area contributed by atoms with Gasteiger partial charge in [-0.05, 0) is 37.6 Å². The standard InChI is InChI=1S/C21H20ClN5O2S/c1-14(2)27-13-23-18-19(24-17-10-6-9-16(22)11-17)25-21(26-20(18)27)30(28,29)12-15-7-4-3-5-8-15/h3-11,13-14H,12H2,1-2H3,(H,24,25,26). The lowest BCUT2D eigenvalue weighted by atomic mass is 10.2. The zero-order valence-electron chi connectivity index (χ0n) is 16.4. The molecule has 0 fully saturated rings. The van der Waals surface area contributed by atoms with Crippen molar-refractivity contribution >= 4 is 44.1 Å². The lowest BCUT2D eigenvalue weighted by molar-refractivity contribution is 0.583. The van der Waals surface area contributed by atoms with Crippen LogP contribution >= 0.6 is 11.6 Å². The Morgan fingerprint density at radius 1 is 1.07 bits per heavy atom. The Balaban J connectivity index is 1.84. The Hall–Kier alpha value is -2.97. The van der Waals surface area contributed by atoms with Gasteiger partial charge in [-0.25, -0.2) is 13.4 Å². The Morgan fingerprint density at radius 2 is 1.83 bits per heavy atom. The molecule has 4 rings (SSSR count). The lowest BCUT2D eigenvalue weighted by Gasteiger charge is -2.12. The third-order valence-corrected chi connectivity index (χ3v) is 6.21. The molecule has 0 bridgehead atoms. The van der Waals surface area contributed by atoms with Crippen LogP contribution in [-0.4, -0.2) is 27.9 Å². The summed E-state index contributed by atoms with van der Waals surface area (Å²) in [6.07, 6.45) is 1.64. The number of nitrogens with one attached hydrogen (secondary N) is 1. The second kappa shape index (κ2) is 8.04. The van der Waals surface area contributed by atoms with Crippen LogP contribution in [0.25, 0.3) is 11.2 Å². The van der Waals surface area contributed by atoms with E-state index in [0.717, 1.165) is 0 Å². The van der Waals surface area contributed by atoms with Gasteiger partial charge in [0.05, 0.1) is 12.1 Å². The summed E-state index contributed by atoms with van der Waals surface area (Å²) in [5, 5.41) is 3.45. The van der Waals surface area contributed by atoms with Crippen LogP contribution in [0.2, 0.25) is 5.02 Å². The molecule has 0 aliphatic carbocycles. The quantitative estimate of drug-likeness (QED) is 0.433. The second-order valence-electron chi connectivity index (χ2n) is 7.15. The maximum absolute atomic E-state index is 13.1. The molecule has 1 N–H and O–H groups in total. The van der Waals surface area contributed by atoms with Gasteiger partial charge in [0.2, 0.25) is 9.84 Å². The first-order chi connectivity index (χ1) is 14.3. The van der Waals surface area contributed by atoms with Crippen LogP contribution in [0.15, 0.2) is 66.1 Å². The van der Waals surface area contributed by atoms with Crippen LogP contribution in [0.5, 0.6) is 0 Å². The van der Waals surface area contributed by atoms with E-state index in [4.69, 9.17) is 11.6 Å². The molecule has 0 saturated carbocycles. The normalized spacial score (nSPS) is 11.9. The molecule has 2 aromatic carbocycles. The topological polar surface area (TPSA) is 89.8 Å². The summed E-state index contributed by atoms with van der Waals surface area (Å²) in [5.74, 6) is 0.125. The maximum atomic E-state index is 13.1. The van der Waals surface area contributed by atoms with Gasteiger partial charge in [-0.3, -0.25) is 0 Å². The van der Waals surface area contributed by atoms with Gasteiger partial charge in [0.25, 0.3) is 5.16 Å². The zero-order chi connectivity index (χ0) is 21.3. The molecule has 9 heteroatoms. The van der Waals surface area contributed by atoms with Gasteiger partial charge in [-0.2, -0.15) is 9.97 Å². The number of nitrogens with zero attached hydrogens (tertiary/aromatic N) is 4. The van der Waals surface area contributed by atoms with Gasteiger partial charge in [0.15, 0.2) is 17.0 Å². The average Bonchev–Trinajstić information content (AvgIpc) is 3.13. The molecule has 0 radical (unpaired) electrons. The predicted molar refractivity (Wildman–Crippen MR) is 118 cm³/mol. The minimum Gasteiger partial charge on any atom is -0.338 e. The molecular formula is C21H20ClN5O2S. The molecular weight excluding hydrogens is 422 g/mol. The first-order valence-electron chi connectivity index (χ1n) is 9.37. The Bertz CT molecular complexity index is 1300. The van der Waals surface area contributed by atoms with Gasteiger partial charge in [-0.1, -0.05) is 48.0 Å². The summed E-state index contributed by atoms with van der Waals surface area (Å²) in [4.78, 5) is 13.1. The number of imidazole rings is 1. The number of halogens is 1. The van der Waals surface area contributed by atoms with E-state index in [-0.39, 0.29) is 17.0 Å². The summed E-state index contributed by atoms with van der Waals surface area (Å²) in [6, 6.07) is 16.1. The molecule has 2 heterocycles. The smallest absolute Gasteiger partial charge is 0.251 e. The summed E-state index contributed by atoms with van der Waals surface area (Å²) >= 11 is 6.08. The number of benzene rings is 2. The molecule has 0 aliphatic heterocycles. The summed E-state index contributed by atoms with van der Waals surface area (Å²) in [5.41, 5.74) is 2.29. The number of hydrogen-bond donors (Lipinski definition) is 1. The van der Waals surface area contributed by atoms with E-state index in [9.17, 15) is 8.42 Å². The van der Waals surface area contributed by atoms with Crippen LogP contribution < -0.4 is 5.32 Å². The highest BCUT2D eigenvalue weighted by molar-refractivity contribution is 7.90. The second-order valence-corrected chi connectivity index (χ2v) is 9.47. The minimum atomic E-state index is -3.78. The molecule has 7 nitrogen and oxygen atoms in total. The monoisotopic (exact) mass is 441 g/mol.